The van der Waals surface area contributed by atoms with E-state index in [4.69, 9.17) is 23.0 Å². The van der Waals surface area contributed by atoms with Crippen molar-refractivity contribution < 1.29 is 32.4 Å². The van der Waals surface area contributed by atoms with Crippen LogP contribution in [0, 0.1) is 12.8 Å². The average Bonchev–Trinajstić information content (AvgIpc) is 3.07. The van der Waals surface area contributed by atoms with Gasteiger partial charge in [0.1, 0.15) is 18.4 Å². The summed E-state index contributed by atoms with van der Waals surface area (Å²) in [5.41, 5.74) is -0.696. The Morgan fingerprint density at radius 3 is 2.90 bits per heavy atom. The number of fused-ring (bicyclic) bond motifs is 1. The molecule has 0 saturated carbocycles. The monoisotopic (exact) mass is 432 g/mol. The zero-order valence-corrected chi connectivity index (χ0v) is 17.4. The number of hydrogen-bond acceptors (Lipinski definition) is 9. The molecule has 0 aromatic carbocycles. The van der Waals surface area contributed by atoms with Gasteiger partial charge >= 0.3 is 19.5 Å². The Morgan fingerprint density at radius 2 is 2.17 bits per heavy atom. The first-order valence-corrected chi connectivity index (χ1v) is 10.9. The average molecular weight is 432 g/mol. The largest absolute Gasteiger partial charge is 0.475 e. The van der Waals surface area contributed by atoms with E-state index in [-0.39, 0.29) is 32.2 Å². The number of nitrogens with one attached hydrogen (secondary N) is 1. The molecule has 2 aliphatic heterocycles. The number of carbonyl (C=O) groups excluding carboxylic acids is 1. The molecule has 5 atom stereocenters. The highest BCUT2D eigenvalue weighted by atomic mass is 31.2. The second-order valence-electron chi connectivity index (χ2n) is 7.01. The predicted octanol–water partition coefficient (Wildman–Crippen LogP) is 1.26. The Balaban J connectivity index is 1.58. The van der Waals surface area contributed by atoms with Gasteiger partial charge < -0.3 is 9.47 Å². The second kappa shape index (κ2) is 8.93. The second-order valence-corrected chi connectivity index (χ2v) is 8.63. The zero-order valence-electron chi connectivity index (χ0n) is 16.5. The number of nitrogens with zero attached hydrogens (tertiary/aromatic N) is 1. The molecule has 2 fully saturated rings. The molecule has 0 amide bonds. The lowest BCUT2D eigenvalue weighted by atomic mass is 10.1. The number of carbonyl (C=O) groups is 1. The molecule has 2 aliphatic rings. The van der Waals surface area contributed by atoms with Gasteiger partial charge in [-0.15, -0.1) is 0 Å². The van der Waals surface area contributed by atoms with Crippen LogP contribution in [0.3, 0.4) is 0 Å². The molecule has 11 nitrogen and oxygen atoms in total. The van der Waals surface area contributed by atoms with Gasteiger partial charge in [0.2, 0.25) is 0 Å². The van der Waals surface area contributed by atoms with E-state index in [0.29, 0.717) is 12.0 Å². The van der Waals surface area contributed by atoms with Crippen molar-refractivity contribution in [1.82, 2.24) is 9.55 Å². The summed E-state index contributed by atoms with van der Waals surface area (Å²) >= 11 is 0. The number of aryl methyl sites for hydroxylation is 1. The lowest BCUT2D eigenvalue weighted by Crippen LogP contribution is -2.34. The van der Waals surface area contributed by atoms with E-state index in [9.17, 15) is 18.9 Å². The number of aromatic amines is 1. The molecular weight excluding hydrogens is 407 g/mol. The molecule has 29 heavy (non-hydrogen) atoms. The molecule has 162 valence electrons. The minimum Gasteiger partial charge on any atom is -0.466 e. The predicted molar refractivity (Wildman–Crippen MR) is 99.4 cm³/mol. The minimum atomic E-state index is -3.81. The van der Waals surface area contributed by atoms with E-state index >= 15 is 0 Å². The maximum absolute atomic E-state index is 12.7. The van der Waals surface area contributed by atoms with E-state index in [1.54, 1.807) is 20.8 Å². The summed E-state index contributed by atoms with van der Waals surface area (Å²) in [6.07, 6.45) is 0.147. The lowest BCUT2D eigenvalue weighted by molar-refractivity contribution is -0.147. The Kier molecular flexibility index (Phi) is 6.75. The lowest BCUT2D eigenvalue weighted by Gasteiger charge is -2.29. The van der Waals surface area contributed by atoms with Crippen LogP contribution in [0.4, 0.5) is 0 Å². The maximum atomic E-state index is 12.7. The third-order valence-electron chi connectivity index (χ3n) is 4.79. The van der Waals surface area contributed by atoms with Crippen LogP contribution in [0.25, 0.3) is 0 Å². The number of aromatic nitrogens is 2. The van der Waals surface area contributed by atoms with Crippen LogP contribution in [-0.2, 0) is 32.4 Å². The molecule has 0 radical (unpaired) electrons. The Hall–Kier alpha value is -1.78. The molecule has 0 spiro atoms. The normalized spacial score (nSPS) is 30.0. The summed E-state index contributed by atoms with van der Waals surface area (Å²) in [7, 11) is -3.81. The van der Waals surface area contributed by atoms with Crippen LogP contribution in [-0.4, -0.2) is 47.5 Å². The molecule has 2 saturated heterocycles. The van der Waals surface area contributed by atoms with Crippen molar-refractivity contribution in [1.29, 1.82) is 0 Å². The fraction of sp³-hybridized carbons (Fsp3) is 0.706. The van der Waals surface area contributed by atoms with Crippen molar-refractivity contribution in [3.8, 4) is 0 Å². The molecule has 3 rings (SSSR count). The first-order valence-electron chi connectivity index (χ1n) is 9.44. The molecule has 0 bridgehead atoms. The first-order chi connectivity index (χ1) is 13.7. The molecule has 0 unspecified atom stereocenters. The summed E-state index contributed by atoms with van der Waals surface area (Å²) in [6.45, 7) is 5.25. The van der Waals surface area contributed by atoms with Gasteiger partial charge in [-0.05, 0) is 20.3 Å². The summed E-state index contributed by atoms with van der Waals surface area (Å²) in [6, 6.07) is 0. The molecular formula is C17H25N2O9P. The Labute approximate surface area is 166 Å². The summed E-state index contributed by atoms with van der Waals surface area (Å²) < 4.78 is 40.7. The zero-order chi connectivity index (χ0) is 21.2. The van der Waals surface area contributed by atoms with Crippen molar-refractivity contribution in [3.63, 3.8) is 0 Å². The van der Waals surface area contributed by atoms with Crippen LogP contribution >= 0.6 is 7.82 Å². The number of hydrogen-bond donors (Lipinski definition) is 1. The standard InChI is InChI=1S/C17H25N2O9P/c1-4-24-16(21)10(2)5-6-25-29(23)26-9-13-12(28-29)7-14(27-13)19-8-11(3)15(20)18-17(19)22/h8,10,12-14H,4-7,9H2,1-3H3,(H,18,20,22)/t10-,12-,13+,14+,29+/m1/s1. The Morgan fingerprint density at radius 1 is 1.41 bits per heavy atom. The minimum absolute atomic E-state index is 0.00247. The summed E-state index contributed by atoms with van der Waals surface area (Å²) in [5, 5.41) is 0. The van der Waals surface area contributed by atoms with Gasteiger partial charge in [-0.25, -0.2) is 9.36 Å². The van der Waals surface area contributed by atoms with Gasteiger partial charge in [-0.1, -0.05) is 6.92 Å². The van der Waals surface area contributed by atoms with Crippen LogP contribution < -0.4 is 11.2 Å². The molecule has 12 heteroatoms. The summed E-state index contributed by atoms with van der Waals surface area (Å²) in [5.74, 6) is -0.762. The fourth-order valence-corrected chi connectivity index (χ4v) is 4.51. The number of H-pyrrole nitrogens is 1. The number of phosphoric ester groups is 1. The van der Waals surface area contributed by atoms with E-state index in [1.807, 2.05) is 0 Å². The molecule has 0 aliphatic carbocycles. The van der Waals surface area contributed by atoms with Crippen LogP contribution in [0.2, 0.25) is 0 Å². The highest BCUT2D eigenvalue weighted by Gasteiger charge is 2.48. The third-order valence-corrected chi connectivity index (χ3v) is 6.28. The van der Waals surface area contributed by atoms with Gasteiger partial charge in [-0.2, -0.15) is 0 Å². The first kappa shape index (κ1) is 21.9. The van der Waals surface area contributed by atoms with Gasteiger partial charge in [0, 0.05) is 18.2 Å². The van der Waals surface area contributed by atoms with Crippen LogP contribution in [0.1, 0.15) is 38.5 Å². The highest BCUT2D eigenvalue weighted by molar-refractivity contribution is 7.48. The smallest absolute Gasteiger partial charge is 0.466 e. The topological polar surface area (TPSA) is 135 Å². The van der Waals surface area contributed by atoms with Gasteiger partial charge in [0.15, 0.2) is 0 Å². The number of rotatable bonds is 7. The molecule has 3 heterocycles. The number of ether oxygens (including phenoxy) is 2. The van der Waals surface area contributed by atoms with E-state index in [0.717, 1.165) is 0 Å². The van der Waals surface area contributed by atoms with Crippen molar-refractivity contribution in [3.05, 3.63) is 32.6 Å². The molecule has 1 aromatic rings. The van der Waals surface area contributed by atoms with Crippen LogP contribution in [0.5, 0.6) is 0 Å². The summed E-state index contributed by atoms with van der Waals surface area (Å²) in [4.78, 5) is 37.4. The van der Waals surface area contributed by atoms with Crippen LogP contribution in [0.15, 0.2) is 15.8 Å². The fourth-order valence-electron chi connectivity index (χ4n) is 3.10. The Bertz CT molecular complexity index is 911. The van der Waals surface area contributed by atoms with Crippen molar-refractivity contribution in [2.24, 2.45) is 5.92 Å². The van der Waals surface area contributed by atoms with E-state index in [2.05, 4.69) is 4.98 Å². The van der Waals surface area contributed by atoms with Crippen molar-refractivity contribution in [2.75, 3.05) is 19.8 Å². The van der Waals surface area contributed by atoms with E-state index < -0.39 is 43.4 Å². The maximum Gasteiger partial charge on any atom is 0.475 e. The van der Waals surface area contributed by atoms with E-state index in [1.165, 1.54) is 10.8 Å². The van der Waals surface area contributed by atoms with Gasteiger partial charge in [0.25, 0.3) is 5.56 Å². The van der Waals surface area contributed by atoms with Crippen molar-refractivity contribution in [2.45, 2.75) is 52.0 Å². The molecule has 1 aromatic heterocycles. The number of phosphoric acid groups is 1. The SMILES string of the molecule is CCOC(=O)[C@H](C)CCO[P@@]1(=O)OC[C@@H]2O[C@H](n3cc(C)c(=O)[nH]c3=O)C[C@H]2O1. The van der Waals surface area contributed by atoms with Gasteiger partial charge in [-0.3, -0.25) is 32.7 Å². The van der Waals surface area contributed by atoms with Crippen molar-refractivity contribution >= 4 is 13.8 Å². The quantitative estimate of drug-likeness (QED) is 0.499. The highest BCUT2D eigenvalue weighted by Crippen LogP contribution is 2.56. The third kappa shape index (κ3) is 5.04. The molecule has 1 N–H and O–H groups in total. The van der Waals surface area contributed by atoms with Gasteiger partial charge in [0.05, 0.1) is 25.7 Å². The number of esters is 1.